The molecule has 1 aliphatic rings. The van der Waals surface area contributed by atoms with E-state index < -0.39 is 0 Å². The molecule has 1 aromatic carbocycles. The Morgan fingerprint density at radius 2 is 1.20 bits per heavy atom. The van der Waals surface area contributed by atoms with Crippen molar-refractivity contribution in [2.24, 2.45) is 5.92 Å². The van der Waals surface area contributed by atoms with Crippen LogP contribution in [-0.4, -0.2) is 0 Å². The fraction of sp³-hybridized carbons (Fsp3) is 0.600. The zero-order valence-corrected chi connectivity index (χ0v) is 14.7. The lowest BCUT2D eigenvalue weighted by atomic mass is 9.79. The summed E-state index contributed by atoms with van der Waals surface area (Å²) in [6.45, 7) is 18.5. The highest BCUT2D eigenvalue weighted by Gasteiger charge is 2.19. The summed E-state index contributed by atoms with van der Waals surface area (Å²) in [5.74, 6) is 1.79. The summed E-state index contributed by atoms with van der Waals surface area (Å²) in [5.41, 5.74) is 2.93. The van der Waals surface area contributed by atoms with Crippen molar-refractivity contribution in [1.29, 1.82) is 0 Å². The maximum atomic E-state index is 3.00. The number of hydrogen-bond acceptors (Lipinski definition) is 0. The number of rotatable bonds is 1. The standard InChI is InChI=1S/C14H20.2C2H6.C2H4/c1-11-3-7-13(8-4-11)14-9-5-12(2)6-10-14;3*1-2/h3-4,7-8,12,14H,5-6,9-10H2,1-2H3;2*1-2H3;1-2H2. The van der Waals surface area contributed by atoms with E-state index in [9.17, 15) is 0 Å². The Labute approximate surface area is 128 Å². The van der Waals surface area contributed by atoms with Crippen molar-refractivity contribution in [1.82, 2.24) is 0 Å². The molecular formula is C20H36. The summed E-state index contributed by atoms with van der Waals surface area (Å²) in [4.78, 5) is 0. The Bertz CT molecular complexity index is 288. The molecule has 116 valence electrons. The summed E-state index contributed by atoms with van der Waals surface area (Å²) in [7, 11) is 0. The van der Waals surface area contributed by atoms with Crippen LogP contribution in [0.3, 0.4) is 0 Å². The van der Waals surface area contributed by atoms with E-state index in [0.29, 0.717) is 0 Å². The second kappa shape index (κ2) is 14.4. The lowest BCUT2D eigenvalue weighted by Gasteiger charge is -2.26. The van der Waals surface area contributed by atoms with Gasteiger partial charge < -0.3 is 0 Å². The molecule has 0 heterocycles. The molecule has 0 amide bonds. The molecule has 0 radical (unpaired) electrons. The van der Waals surface area contributed by atoms with Gasteiger partial charge >= 0.3 is 0 Å². The molecule has 0 spiro atoms. The largest absolute Gasteiger partial charge is 0.106 e. The Morgan fingerprint density at radius 3 is 1.60 bits per heavy atom. The van der Waals surface area contributed by atoms with Crippen LogP contribution in [0, 0.1) is 12.8 Å². The van der Waals surface area contributed by atoms with Gasteiger partial charge in [-0.1, -0.05) is 77.3 Å². The summed E-state index contributed by atoms with van der Waals surface area (Å²) in [5, 5.41) is 0. The molecule has 0 aliphatic heterocycles. The molecule has 0 saturated heterocycles. The van der Waals surface area contributed by atoms with Crippen molar-refractivity contribution in [2.45, 2.75) is 73.1 Å². The number of benzene rings is 1. The topological polar surface area (TPSA) is 0 Å². The van der Waals surface area contributed by atoms with Crippen LogP contribution in [0.2, 0.25) is 0 Å². The van der Waals surface area contributed by atoms with Gasteiger partial charge in [-0.3, -0.25) is 0 Å². The molecule has 0 aromatic heterocycles. The van der Waals surface area contributed by atoms with E-state index in [1.165, 1.54) is 31.2 Å². The van der Waals surface area contributed by atoms with Gasteiger partial charge in [0.25, 0.3) is 0 Å². The first-order chi connectivity index (χ1) is 9.75. The molecule has 2 rings (SSSR count). The highest BCUT2D eigenvalue weighted by Crippen LogP contribution is 2.35. The Balaban J connectivity index is 0. The van der Waals surface area contributed by atoms with E-state index in [-0.39, 0.29) is 0 Å². The van der Waals surface area contributed by atoms with E-state index >= 15 is 0 Å². The van der Waals surface area contributed by atoms with Crippen molar-refractivity contribution in [2.75, 3.05) is 0 Å². The van der Waals surface area contributed by atoms with Gasteiger partial charge in [-0.25, -0.2) is 0 Å². The SMILES string of the molecule is C=C.CC.CC.Cc1ccc(C2CCC(C)CC2)cc1. The third-order valence-corrected chi connectivity index (χ3v) is 3.56. The smallest absolute Gasteiger partial charge is 0.0162 e. The van der Waals surface area contributed by atoms with Gasteiger partial charge in [-0.15, -0.1) is 13.2 Å². The molecule has 0 unspecified atom stereocenters. The van der Waals surface area contributed by atoms with Crippen molar-refractivity contribution >= 4 is 0 Å². The van der Waals surface area contributed by atoms with Crippen LogP contribution in [0.15, 0.2) is 37.4 Å². The fourth-order valence-corrected chi connectivity index (χ4v) is 2.43. The summed E-state index contributed by atoms with van der Waals surface area (Å²) < 4.78 is 0. The summed E-state index contributed by atoms with van der Waals surface area (Å²) >= 11 is 0. The van der Waals surface area contributed by atoms with Gasteiger partial charge in [-0.2, -0.15) is 0 Å². The van der Waals surface area contributed by atoms with Gasteiger partial charge in [0.15, 0.2) is 0 Å². The van der Waals surface area contributed by atoms with Crippen LogP contribution in [0.1, 0.15) is 77.3 Å². The van der Waals surface area contributed by atoms with Gasteiger partial charge in [0.2, 0.25) is 0 Å². The molecule has 1 saturated carbocycles. The molecule has 0 nitrogen and oxygen atoms in total. The van der Waals surface area contributed by atoms with E-state index in [1.807, 2.05) is 27.7 Å². The van der Waals surface area contributed by atoms with Crippen LogP contribution in [-0.2, 0) is 0 Å². The zero-order valence-electron chi connectivity index (χ0n) is 14.7. The zero-order chi connectivity index (χ0) is 16.0. The van der Waals surface area contributed by atoms with E-state index in [1.54, 1.807) is 5.56 Å². The summed E-state index contributed by atoms with van der Waals surface area (Å²) in [6, 6.07) is 9.12. The van der Waals surface area contributed by atoms with Crippen molar-refractivity contribution in [3.63, 3.8) is 0 Å². The van der Waals surface area contributed by atoms with E-state index in [4.69, 9.17) is 0 Å². The van der Waals surface area contributed by atoms with Crippen LogP contribution in [0.25, 0.3) is 0 Å². The minimum Gasteiger partial charge on any atom is -0.106 e. The van der Waals surface area contributed by atoms with Crippen LogP contribution >= 0.6 is 0 Å². The molecule has 1 fully saturated rings. The van der Waals surface area contributed by atoms with Crippen LogP contribution in [0.5, 0.6) is 0 Å². The molecule has 20 heavy (non-hydrogen) atoms. The third-order valence-electron chi connectivity index (χ3n) is 3.56. The average molecular weight is 277 g/mol. The maximum Gasteiger partial charge on any atom is -0.0162 e. The first-order valence-corrected chi connectivity index (χ1v) is 8.32. The molecular weight excluding hydrogens is 240 g/mol. The second-order valence-corrected chi connectivity index (χ2v) is 4.87. The molecule has 0 N–H and O–H groups in total. The van der Waals surface area contributed by atoms with Crippen LogP contribution < -0.4 is 0 Å². The quantitative estimate of drug-likeness (QED) is 0.478. The first kappa shape index (κ1) is 21.3. The fourth-order valence-electron chi connectivity index (χ4n) is 2.43. The highest BCUT2D eigenvalue weighted by atomic mass is 14.2. The highest BCUT2D eigenvalue weighted by molar-refractivity contribution is 5.24. The lowest BCUT2D eigenvalue weighted by Crippen LogP contribution is -2.10. The summed E-state index contributed by atoms with van der Waals surface area (Å²) in [6.07, 6.45) is 5.62. The number of aryl methyl sites for hydroxylation is 1. The van der Waals surface area contributed by atoms with Crippen LogP contribution in [0.4, 0.5) is 0 Å². The molecule has 0 bridgehead atoms. The molecule has 0 atom stereocenters. The Morgan fingerprint density at radius 1 is 0.800 bits per heavy atom. The van der Waals surface area contributed by atoms with Crippen molar-refractivity contribution in [3.05, 3.63) is 48.6 Å². The predicted octanol–water partition coefficient (Wildman–Crippen LogP) is 7.14. The monoisotopic (exact) mass is 276 g/mol. The normalized spacial score (nSPS) is 20.1. The molecule has 1 aromatic rings. The third kappa shape index (κ3) is 8.19. The molecule has 0 heteroatoms. The molecule has 1 aliphatic carbocycles. The van der Waals surface area contributed by atoms with Gasteiger partial charge in [-0.05, 0) is 37.2 Å². The van der Waals surface area contributed by atoms with E-state index in [0.717, 1.165) is 11.8 Å². The second-order valence-electron chi connectivity index (χ2n) is 4.87. The van der Waals surface area contributed by atoms with E-state index in [2.05, 4.69) is 51.3 Å². The number of hydrogen-bond donors (Lipinski definition) is 0. The van der Waals surface area contributed by atoms with Gasteiger partial charge in [0, 0.05) is 0 Å². The Hall–Kier alpha value is -1.04. The average Bonchev–Trinajstić information content (AvgIpc) is 2.55. The van der Waals surface area contributed by atoms with Crippen molar-refractivity contribution in [3.8, 4) is 0 Å². The Kier molecular flexibility index (Phi) is 15.3. The maximum absolute atomic E-state index is 3.00. The van der Waals surface area contributed by atoms with Gasteiger partial charge in [0.1, 0.15) is 0 Å². The van der Waals surface area contributed by atoms with Gasteiger partial charge in [0.05, 0.1) is 0 Å². The lowest BCUT2D eigenvalue weighted by molar-refractivity contribution is 0.348. The van der Waals surface area contributed by atoms with Crippen molar-refractivity contribution < 1.29 is 0 Å². The minimum absolute atomic E-state index is 0.840. The predicted molar refractivity (Wildman–Crippen MR) is 95.5 cm³/mol. The minimum atomic E-state index is 0.840. The first-order valence-electron chi connectivity index (χ1n) is 8.32.